The summed E-state index contributed by atoms with van der Waals surface area (Å²) in [5, 5.41) is 5.86. The minimum absolute atomic E-state index is 0.0201. The molecule has 0 bridgehead atoms. The van der Waals surface area contributed by atoms with Gasteiger partial charge in [-0.2, -0.15) is 4.31 Å². The molecular weight excluding hydrogens is 432 g/mol. The zero-order chi connectivity index (χ0) is 22.4. The molecule has 2 N–H and O–H groups in total. The number of morpholine rings is 2. The second-order valence-corrected chi connectivity index (χ2v) is 9.53. The largest absolute Gasteiger partial charge is 0.379 e. The van der Waals surface area contributed by atoms with Crippen LogP contribution in [0.15, 0.2) is 53.4 Å². The molecule has 2 fully saturated rings. The van der Waals surface area contributed by atoms with Crippen LogP contribution in [0, 0.1) is 0 Å². The summed E-state index contributed by atoms with van der Waals surface area (Å²) in [5.74, 6) is -0.217. The molecule has 0 radical (unpaired) electrons. The van der Waals surface area contributed by atoms with E-state index in [9.17, 15) is 13.2 Å². The van der Waals surface area contributed by atoms with Gasteiger partial charge in [0, 0.05) is 43.2 Å². The van der Waals surface area contributed by atoms with Crippen LogP contribution >= 0.6 is 0 Å². The average Bonchev–Trinajstić information content (AvgIpc) is 2.84. The maximum atomic E-state index is 12.8. The molecule has 2 saturated heterocycles. The lowest BCUT2D eigenvalue weighted by Gasteiger charge is -2.28. The quantitative estimate of drug-likeness (QED) is 0.647. The fourth-order valence-electron chi connectivity index (χ4n) is 3.67. The predicted octanol–water partition coefficient (Wildman–Crippen LogP) is 1.59. The molecule has 2 aliphatic rings. The molecule has 0 spiro atoms. The summed E-state index contributed by atoms with van der Waals surface area (Å²) in [6, 6.07) is 14.2. The molecule has 2 aromatic carbocycles. The molecular formula is C22H28N4O5S. The summed E-state index contributed by atoms with van der Waals surface area (Å²) >= 11 is 0. The Kier molecular flexibility index (Phi) is 7.26. The van der Waals surface area contributed by atoms with Crippen LogP contribution in [0.1, 0.15) is 0 Å². The van der Waals surface area contributed by atoms with Gasteiger partial charge in [0.25, 0.3) is 0 Å². The number of hydrogen-bond acceptors (Lipinski definition) is 7. The van der Waals surface area contributed by atoms with Gasteiger partial charge < -0.3 is 25.0 Å². The van der Waals surface area contributed by atoms with Gasteiger partial charge in [0.15, 0.2) is 0 Å². The second-order valence-electron chi connectivity index (χ2n) is 7.59. The summed E-state index contributed by atoms with van der Waals surface area (Å²) in [7, 11) is -3.58. The zero-order valence-electron chi connectivity index (χ0n) is 17.8. The first-order chi connectivity index (χ1) is 15.5. The van der Waals surface area contributed by atoms with Crippen molar-refractivity contribution in [1.82, 2.24) is 4.31 Å². The lowest BCUT2D eigenvalue weighted by atomic mass is 10.2. The van der Waals surface area contributed by atoms with Crippen LogP contribution < -0.4 is 15.5 Å². The van der Waals surface area contributed by atoms with Gasteiger partial charge in [0.2, 0.25) is 15.9 Å². The Labute approximate surface area is 188 Å². The number of nitrogens with one attached hydrogen (secondary N) is 2. The SMILES string of the molecule is O=C(CNc1cccc(S(=O)(=O)N2CCOCC2)c1)Nc1ccc(N2CCOCC2)cc1. The smallest absolute Gasteiger partial charge is 0.243 e. The van der Waals surface area contributed by atoms with Crippen molar-refractivity contribution < 1.29 is 22.7 Å². The van der Waals surface area contributed by atoms with Crippen molar-refractivity contribution >= 4 is 33.0 Å². The maximum Gasteiger partial charge on any atom is 0.243 e. The van der Waals surface area contributed by atoms with Gasteiger partial charge in [-0.25, -0.2) is 8.42 Å². The molecule has 2 heterocycles. The van der Waals surface area contributed by atoms with E-state index in [1.165, 1.54) is 4.31 Å². The number of carbonyl (C=O) groups is 1. The Morgan fingerprint density at radius 2 is 1.53 bits per heavy atom. The highest BCUT2D eigenvalue weighted by atomic mass is 32.2. The number of benzene rings is 2. The molecule has 0 atom stereocenters. The fraction of sp³-hybridized carbons (Fsp3) is 0.409. The van der Waals surface area contributed by atoms with Crippen LogP contribution in [0.2, 0.25) is 0 Å². The van der Waals surface area contributed by atoms with Crippen LogP contribution in [0.25, 0.3) is 0 Å². The number of sulfonamides is 1. The van der Waals surface area contributed by atoms with Crippen LogP contribution in [0.5, 0.6) is 0 Å². The molecule has 172 valence electrons. The van der Waals surface area contributed by atoms with Crippen LogP contribution in [0.4, 0.5) is 17.1 Å². The van der Waals surface area contributed by atoms with Crippen LogP contribution in [-0.2, 0) is 24.3 Å². The number of ether oxygens (including phenoxy) is 2. The third-order valence-corrected chi connectivity index (χ3v) is 7.32. The Morgan fingerprint density at radius 3 is 2.22 bits per heavy atom. The molecule has 2 aromatic rings. The number of rotatable bonds is 7. The first-order valence-electron chi connectivity index (χ1n) is 10.7. The molecule has 1 amide bonds. The van der Waals surface area contributed by atoms with Crippen molar-refractivity contribution in [1.29, 1.82) is 0 Å². The number of amides is 1. The highest BCUT2D eigenvalue weighted by Gasteiger charge is 2.26. The summed E-state index contributed by atoms with van der Waals surface area (Å²) in [4.78, 5) is 14.8. The van der Waals surface area contributed by atoms with Gasteiger partial charge in [-0.05, 0) is 42.5 Å². The van der Waals surface area contributed by atoms with E-state index in [0.29, 0.717) is 37.7 Å². The van der Waals surface area contributed by atoms with E-state index >= 15 is 0 Å². The first-order valence-corrected chi connectivity index (χ1v) is 12.1. The molecule has 10 heteroatoms. The topological polar surface area (TPSA) is 100 Å². The van der Waals surface area contributed by atoms with E-state index in [0.717, 1.165) is 32.0 Å². The summed E-state index contributed by atoms with van der Waals surface area (Å²) < 4.78 is 37.7. The number of nitrogens with zero attached hydrogens (tertiary/aromatic N) is 2. The fourth-order valence-corrected chi connectivity index (χ4v) is 5.12. The van der Waals surface area contributed by atoms with Crippen molar-refractivity contribution in [2.45, 2.75) is 4.90 Å². The Morgan fingerprint density at radius 1 is 0.875 bits per heavy atom. The molecule has 9 nitrogen and oxygen atoms in total. The van der Waals surface area contributed by atoms with Crippen LogP contribution in [-0.4, -0.2) is 77.8 Å². The molecule has 4 rings (SSSR count). The van der Waals surface area contributed by atoms with Gasteiger partial charge >= 0.3 is 0 Å². The van der Waals surface area contributed by atoms with Crippen molar-refractivity contribution in [2.75, 3.05) is 74.7 Å². The van der Waals surface area contributed by atoms with Gasteiger partial charge in [0.05, 0.1) is 37.9 Å². The van der Waals surface area contributed by atoms with Gasteiger partial charge in [-0.3, -0.25) is 4.79 Å². The zero-order valence-corrected chi connectivity index (χ0v) is 18.6. The van der Waals surface area contributed by atoms with E-state index in [4.69, 9.17) is 9.47 Å². The first kappa shape index (κ1) is 22.5. The highest BCUT2D eigenvalue weighted by molar-refractivity contribution is 7.89. The second kappa shape index (κ2) is 10.3. The third kappa shape index (κ3) is 5.57. The number of hydrogen-bond donors (Lipinski definition) is 2. The molecule has 32 heavy (non-hydrogen) atoms. The van der Waals surface area contributed by atoms with Crippen molar-refractivity contribution in [3.05, 3.63) is 48.5 Å². The number of anilines is 3. The van der Waals surface area contributed by atoms with Gasteiger partial charge in [-0.15, -0.1) is 0 Å². The van der Waals surface area contributed by atoms with Crippen molar-refractivity contribution in [2.24, 2.45) is 0 Å². The lowest BCUT2D eigenvalue weighted by Crippen LogP contribution is -2.40. The van der Waals surface area contributed by atoms with E-state index in [1.807, 2.05) is 24.3 Å². The molecule has 2 aliphatic heterocycles. The van der Waals surface area contributed by atoms with Gasteiger partial charge in [0.1, 0.15) is 0 Å². The van der Waals surface area contributed by atoms with Crippen molar-refractivity contribution in [3.8, 4) is 0 Å². The standard InChI is InChI=1S/C22H28N4O5S/c27-22(24-18-4-6-20(7-5-18)25-8-12-30-13-9-25)17-23-19-2-1-3-21(16-19)32(28,29)26-10-14-31-15-11-26/h1-7,16,23H,8-15,17H2,(H,24,27). The maximum absolute atomic E-state index is 12.8. The number of carbonyl (C=O) groups excluding carboxylic acids is 1. The Balaban J connectivity index is 1.31. The van der Waals surface area contributed by atoms with Crippen molar-refractivity contribution in [3.63, 3.8) is 0 Å². The summed E-state index contributed by atoms with van der Waals surface area (Å²) in [5.41, 5.74) is 2.37. The van der Waals surface area contributed by atoms with E-state index < -0.39 is 10.0 Å². The highest BCUT2D eigenvalue weighted by Crippen LogP contribution is 2.21. The minimum atomic E-state index is -3.58. The summed E-state index contributed by atoms with van der Waals surface area (Å²) in [6.07, 6.45) is 0. The Bertz CT molecular complexity index is 1020. The Hall–Kier alpha value is -2.66. The van der Waals surface area contributed by atoms with E-state index in [1.54, 1.807) is 24.3 Å². The van der Waals surface area contributed by atoms with E-state index in [-0.39, 0.29) is 17.3 Å². The predicted molar refractivity (Wildman–Crippen MR) is 123 cm³/mol. The molecule has 0 aliphatic carbocycles. The van der Waals surface area contributed by atoms with Gasteiger partial charge in [-0.1, -0.05) is 6.07 Å². The molecule has 0 saturated carbocycles. The summed E-state index contributed by atoms with van der Waals surface area (Å²) in [6.45, 7) is 4.64. The third-order valence-electron chi connectivity index (χ3n) is 5.42. The van der Waals surface area contributed by atoms with E-state index in [2.05, 4.69) is 15.5 Å². The monoisotopic (exact) mass is 460 g/mol. The van der Waals surface area contributed by atoms with Crippen LogP contribution in [0.3, 0.4) is 0 Å². The minimum Gasteiger partial charge on any atom is -0.379 e. The molecule has 0 aromatic heterocycles. The molecule has 0 unspecified atom stereocenters. The average molecular weight is 461 g/mol. The normalized spacial score (nSPS) is 17.7. The lowest BCUT2D eigenvalue weighted by molar-refractivity contribution is -0.114.